The van der Waals surface area contributed by atoms with E-state index in [1.807, 2.05) is 0 Å². The minimum absolute atomic E-state index is 0. The van der Waals surface area contributed by atoms with Crippen LogP contribution in [0.3, 0.4) is 0 Å². The molecule has 0 unspecified atom stereocenters. The third kappa shape index (κ3) is 4.56. The second-order valence-corrected chi connectivity index (χ2v) is 17.8. The van der Waals surface area contributed by atoms with Crippen LogP contribution in [0.5, 0.6) is 0 Å². The minimum atomic E-state index is -1.87. The standard InChI is InChI=1S/C13H9.C12H10Si.C5H5.2ClH.Ti/c1-3-7-12-10(5-1)9-11-6-2-4-8-13(11)12;1-3-7-11(8-4-1)13-12-9-5-2-6-10-12;1-2-4-5-3-1;;;/h1-5,7-8H,9H2;1-10H;1-3H,4H2;2*1H;/q;;;;;+2/p-2. The molecule has 4 aromatic rings. The van der Waals surface area contributed by atoms with Crippen molar-refractivity contribution >= 4 is 20.4 Å². The average Bonchev–Trinajstić information content (AvgIpc) is 3.52. The molecule has 0 bridgehead atoms. The molecule has 0 nitrogen and oxygen atoms in total. The third-order valence-corrected chi connectivity index (χ3v) is 19.5. The maximum Gasteiger partial charge on any atom is -1.00 e. The van der Waals surface area contributed by atoms with Crippen LogP contribution < -0.4 is 39.1 Å². The molecule has 0 saturated heterocycles. The van der Waals surface area contributed by atoms with Gasteiger partial charge >= 0.3 is 197 Å². The molecule has 0 radical (unpaired) electrons. The van der Waals surface area contributed by atoms with Gasteiger partial charge in [0.25, 0.3) is 0 Å². The number of hydrogen-bond donors (Lipinski definition) is 0. The summed E-state index contributed by atoms with van der Waals surface area (Å²) in [5.74, 6) is 0. The molecule has 0 aromatic heterocycles. The summed E-state index contributed by atoms with van der Waals surface area (Å²) in [7, 11) is 0. The second-order valence-electron chi connectivity index (χ2n) is 8.47. The van der Waals surface area contributed by atoms with E-state index < -0.39 is 22.8 Å². The van der Waals surface area contributed by atoms with Crippen LogP contribution in [0.1, 0.15) is 17.5 Å². The zero-order valence-corrected chi connectivity index (χ0v) is 22.8. The van der Waals surface area contributed by atoms with E-state index in [4.69, 9.17) is 0 Å². The SMILES string of the molecule is C1=CC[C]([Ti+2]([c]2cccc3c2Cc2ccccc2-3)=[Si](c2ccccc2)c2ccccc2)=C1.[Cl-].[Cl-]. The van der Waals surface area contributed by atoms with Crippen LogP contribution in [-0.4, -0.2) is 6.19 Å². The number of fused-ring (bicyclic) bond motifs is 3. The zero-order chi connectivity index (χ0) is 21.3. The Morgan fingerprint density at radius 1 is 0.618 bits per heavy atom. The van der Waals surface area contributed by atoms with E-state index >= 15 is 0 Å². The third-order valence-electron chi connectivity index (χ3n) is 6.59. The van der Waals surface area contributed by atoms with Gasteiger partial charge in [-0.05, 0) is 0 Å². The van der Waals surface area contributed by atoms with Gasteiger partial charge in [0.05, 0.1) is 0 Å². The van der Waals surface area contributed by atoms with Crippen LogP contribution in [0, 0.1) is 0 Å². The summed E-state index contributed by atoms with van der Waals surface area (Å²) < 4.78 is 3.41. The Labute approximate surface area is 220 Å². The smallest absolute Gasteiger partial charge is 1.00 e. The normalized spacial score (nSPS) is 12.4. The minimum Gasteiger partial charge on any atom is -1.00 e. The Morgan fingerprint density at radius 3 is 1.88 bits per heavy atom. The van der Waals surface area contributed by atoms with Crippen molar-refractivity contribution in [3.8, 4) is 11.1 Å². The van der Waals surface area contributed by atoms with Crippen molar-refractivity contribution in [2.45, 2.75) is 12.8 Å². The predicted molar refractivity (Wildman–Crippen MR) is 134 cm³/mol. The molecule has 2 aliphatic rings. The Morgan fingerprint density at radius 2 is 1.24 bits per heavy atom. The molecule has 0 atom stereocenters. The van der Waals surface area contributed by atoms with Gasteiger partial charge in [0.1, 0.15) is 0 Å². The van der Waals surface area contributed by atoms with Gasteiger partial charge in [-0.3, -0.25) is 0 Å². The molecular weight excluding hydrogens is 507 g/mol. The summed E-state index contributed by atoms with van der Waals surface area (Å²) in [5, 5.41) is 3.11. The van der Waals surface area contributed by atoms with Gasteiger partial charge in [-0.2, -0.15) is 0 Å². The number of hydrogen-bond acceptors (Lipinski definition) is 0. The summed E-state index contributed by atoms with van der Waals surface area (Å²) in [6, 6.07) is 38.9. The van der Waals surface area contributed by atoms with Crippen molar-refractivity contribution in [3.63, 3.8) is 0 Å². The van der Waals surface area contributed by atoms with Crippen LogP contribution in [0.2, 0.25) is 0 Å². The first kappa shape index (κ1) is 25.0. The molecule has 0 spiro atoms. The molecule has 166 valence electrons. The number of allylic oxidation sites excluding steroid dienone is 4. The predicted octanol–water partition coefficient (Wildman–Crippen LogP) is -0.841. The van der Waals surface area contributed by atoms with E-state index in [9.17, 15) is 0 Å². The van der Waals surface area contributed by atoms with Crippen molar-refractivity contribution in [3.05, 3.63) is 136 Å². The fourth-order valence-corrected chi connectivity index (χ4v) is 19.2. The summed E-state index contributed by atoms with van der Waals surface area (Å²) in [6.07, 6.45) is 8.38. The van der Waals surface area contributed by atoms with Gasteiger partial charge in [0.2, 0.25) is 0 Å². The van der Waals surface area contributed by atoms with E-state index in [1.165, 1.54) is 16.7 Å². The molecule has 4 heteroatoms. The first-order chi connectivity index (χ1) is 15.9. The molecule has 4 aromatic carbocycles. The molecule has 0 saturated carbocycles. The first-order valence-electron chi connectivity index (χ1n) is 11.3. The average molecular weight is 531 g/mol. The maximum absolute atomic E-state index is 2.48. The second kappa shape index (κ2) is 11.1. The molecule has 0 heterocycles. The summed E-state index contributed by atoms with van der Waals surface area (Å²) in [6.45, 7) is 0. The fraction of sp³-hybridized carbons (Fsp3) is 0.0667. The molecule has 0 fully saturated rings. The number of rotatable bonds is 4. The van der Waals surface area contributed by atoms with E-state index in [2.05, 4.69) is 121 Å². The van der Waals surface area contributed by atoms with Crippen LogP contribution >= 0.6 is 0 Å². The van der Waals surface area contributed by atoms with E-state index in [0.717, 1.165) is 12.8 Å². The molecule has 0 aliphatic heterocycles. The summed E-state index contributed by atoms with van der Waals surface area (Å²) in [4.78, 5) is 0. The topological polar surface area (TPSA) is 0 Å². The Kier molecular flexibility index (Phi) is 8.14. The monoisotopic (exact) mass is 530 g/mol. The van der Waals surface area contributed by atoms with Crippen molar-refractivity contribution in [2.75, 3.05) is 0 Å². The van der Waals surface area contributed by atoms with Crippen molar-refractivity contribution in [1.29, 1.82) is 0 Å². The maximum atomic E-state index is 2.48. The number of benzene rings is 4. The molecule has 6 rings (SSSR count). The fourth-order valence-electron chi connectivity index (χ4n) is 5.16. The summed E-state index contributed by atoms with van der Waals surface area (Å²) in [5.41, 5.74) is 6.00. The number of halogens is 2. The summed E-state index contributed by atoms with van der Waals surface area (Å²) >= 11 is -1.87. The van der Waals surface area contributed by atoms with Crippen LogP contribution in [0.25, 0.3) is 11.1 Å². The van der Waals surface area contributed by atoms with Crippen LogP contribution in [-0.2, 0) is 23.0 Å². The van der Waals surface area contributed by atoms with E-state index in [-0.39, 0.29) is 24.8 Å². The van der Waals surface area contributed by atoms with Gasteiger partial charge in [-0.25, -0.2) is 0 Å². The van der Waals surface area contributed by atoms with E-state index in [1.54, 1.807) is 23.7 Å². The Balaban J connectivity index is 0.00000137. The quantitative estimate of drug-likeness (QED) is 0.266. The molecule has 0 N–H and O–H groups in total. The molecule has 2 aliphatic carbocycles. The Hall–Kier alpha value is -2.13. The van der Waals surface area contributed by atoms with E-state index in [0.29, 0.717) is 0 Å². The molecular formula is C30H24Cl2SiTi. The molecule has 0 amide bonds. The van der Waals surface area contributed by atoms with Crippen LogP contribution in [0.4, 0.5) is 0 Å². The van der Waals surface area contributed by atoms with Gasteiger partial charge < -0.3 is 24.8 Å². The zero-order valence-electron chi connectivity index (χ0n) is 18.7. The van der Waals surface area contributed by atoms with Crippen molar-refractivity contribution in [1.82, 2.24) is 0 Å². The van der Waals surface area contributed by atoms with Crippen molar-refractivity contribution in [2.24, 2.45) is 0 Å². The Bertz CT molecular complexity index is 1360. The first-order valence-corrected chi connectivity index (χ1v) is 16.7. The van der Waals surface area contributed by atoms with Crippen molar-refractivity contribution < 1.29 is 41.4 Å². The van der Waals surface area contributed by atoms with Gasteiger partial charge in [0, 0.05) is 0 Å². The largest absolute Gasteiger partial charge is 1.00 e. The van der Waals surface area contributed by atoms with Gasteiger partial charge in [0.15, 0.2) is 0 Å². The van der Waals surface area contributed by atoms with Gasteiger partial charge in [-0.1, -0.05) is 0 Å². The van der Waals surface area contributed by atoms with Gasteiger partial charge in [-0.15, -0.1) is 0 Å². The van der Waals surface area contributed by atoms with Crippen LogP contribution in [0.15, 0.2) is 125 Å². The molecule has 34 heavy (non-hydrogen) atoms.